The van der Waals surface area contributed by atoms with Crippen molar-refractivity contribution in [3.05, 3.63) is 29.8 Å². The SMILES string of the molecule is CNN1CCC2(CCCNC2=O)c2ccccc21. The minimum Gasteiger partial charge on any atom is -0.355 e. The van der Waals surface area contributed by atoms with Crippen molar-refractivity contribution in [2.45, 2.75) is 24.7 Å². The molecule has 4 nitrogen and oxygen atoms in total. The fraction of sp³-hybridized carbons (Fsp3) is 0.500. The van der Waals surface area contributed by atoms with Crippen molar-refractivity contribution in [3.63, 3.8) is 0 Å². The molecule has 1 aromatic rings. The van der Waals surface area contributed by atoms with E-state index in [1.54, 1.807) is 0 Å². The lowest BCUT2D eigenvalue weighted by Crippen LogP contribution is -2.55. The molecule has 2 N–H and O–H groups in total. The lowest BCUT2D eigenvalue weighted by molar-refractivity contribution is -0.129. The van der Waals surface area contributed by atoms with Gasteiger partial charge >= 0.3 is 0 Å². The summed E-state index contributed by atoms with van der Waals surface area (Å²) in [4.78, 5) is 12.4. The van der Waals surface area contributed by atoms with Gasteiger partial charge in [-0.2, -0.15) is 0 Å². The molecule has 2 aliphatic rings. The number of hydrazine groups is 1. The Labute approximate surface area is 107 Å². The molecule has 3 rings (SSSR count). The Morgan fingerprint density at radius 2 is 2.17 bits per heavy atom. The third-order valence-electron chi connectivity index (χ3n) is 4.24. The average Bonchev–Trinajstić information content (AvgIpc) is 2.43. The van der Waals surface area contributed by atoms with E-state index < -0.39 is 0 Å². The summed E-state index contributed by atoms with van der Waals surface area (Å²) >= 11 is 0. The first-order valence-electron chi connectivity index (χ1n) is 6.61. The molecule has 1 saturated heterocycles. The topological polar surface area (TPSA) is 44.4 Å². The molecule has 1 spiro atoms. The fourth-order valence-electron chi connectivity index (χ4n) is 3.27. The third kappa shape index (κ3) is 1.52. The molecule has 1 unspecified atom stereocenters. The molecule has 18 heavy (non-hydrogen) atoms. The number of benzene rings is 1. The van der Waals surface area contributed by atoms with Gasteiger partial charge in [-0.25, -0.2) is 5.43 Å². The van der Waals surface area contributed by atoms with Gasteiger partial charge in [-0.05, 0) is 30.9 Å². The van der Waals surface area contributed by atoms with E-state index in [1.165, 1.54) is 5.56 Å². The Kier molecular flexibility index (Phi) is 2.74. The van der Waals surface area contributed by atoms with E-state index in [-0.39, 0.29) is 11.3 Å². The van der Waals surface area contributed by atoms with Crippen molar-refractivity contribution >= 4 is 11.6 Å². The van der Waals surface area contributed by atoms with Crippen LogP contribution < -0.4 is 15.8 Å². The number of fused-ring (bicyclic) bond motifs is 2. The Morgan fingerprint density at radius 1 is 1.33 bits per heavy atom. The monoisotopic (exact) mass is 245 g/mol. The van der Waals surface area contributed by atoms with E-state index in [2.05, 4.69) is 27.9 Å². The van der Waals surface area contributed by atoms with Gasteiger partial charge in [0, 0.05) is 20.1 Å². The van der Waals surface area contributed by atoms with Crippen molar-refractivity contribution in [3.8, 4) is 0 Å². The van der Waals surface area contributed by atoms with Gasteiger partial charge in [-0.3, -0.25) is 4.79 Å². The predicted molar refractivity (Wildman–Crippen MR) is 71.4 cm³/mol. The second-order valence-electron chi connectivity index (χ2n) is 5.08. The van der Waals surface area contributed by atoms with Gasteiger partial charge in [0.2, 0.25) is 5.91 Å². The molecule has 0 saturated carbocycles. The second-order valence-corrected chi connectivity index (χ2v) is 5.08. The van der Waals surface area contributed by atoms with Gasteiger partial charge < -0.3 is 10.3 Å². The first-order valence-corrected chi connectivity index (χ1v) is 6.61. The molecule has 96 valence electrons. The molecule has 0 aliphatic carbocycles. The normalized spacial score (nSPS) is 26.9. The van der Waals surface area contributed by atoms with E-state index in [9.17, 15) is 4.79 Å². The summed E-state index contributed by atoms with van der Waals surface area (Å²) < 4.78 is 0. The Balaban J connectivity index is 2.11. The Morgan fingerprint density at radius 3 is 2.94 bits per heavy atom. The number of nitrogens with zero attached hydrogens (tertiary/aromatic N) is 1. The molecule has 4 heteroatoms. The standard InChI is InChI=1S/C14H19N3O/c1-15-17-10-8-14(7-4-9-16-13(14)18)11-5-2-3-6-12(11)17/h2-3,5-6,15H,4,7-10H2,1H3,(H,16,18). The van der Waals surface area contributed by atoms with Crippen molar-refractivity contribution in [1.82, 2.24) is 10.7 Å². The van der Waals surface area contributed by atoms with Gasteiger partial charge in [0.25, 0.3) is 0 Å². The van der Waals surface area contributed by atoms with Crippen LogP contribution in [0.2, 0.25) is 0 Å². The molecule has 0 radical (unpaired) electrons. The molecular formula is C14H19N3O. The number of rotatable bonds is 1. The first kappa shape index (κ1) is 11.5. The van der Waals surface area contributed by atoms with Gasteiger partial charge in [0.05, 0.1) is 11.1 Å². The van der Waals surface area contributed by atoms with Crippen LogP contribution in [0.15, 0.2) is 24.3 Å². The average molecular weight is 245 g/mol. The van der Waals surface area contributed by atoms with Gasteiger partial charge in [0.1, 0.15) is 0 Å². The highest BCUT2D eigenvalue weighted by Gasteiger charge is 2.46. The minimum atomic E-state index is -0.303. The van der Waals surface area contributed by atoms with Crippen molar-refractivity contribution in [1.29, 1.82) is 0 Å². The summed E-state index contributed by atoms with van der Waals surface area (Å²) in [7, 11) is 1.93. The molecule has 0 aromatic heterocycles. The zero-order chi connectivity index (χ0) is 12.6. The summed E-state index contributed by atoms with van der Waals surface area (Å²) in [6, 6.07) is 8.25. The van der Waals surface area contributed by atoms with Gasteiger partial charge in [-0.15, -0.1) is 0 Å². The number of nitrogens with one attached hydrogen (secondary N) is 2. The molecule has 2 aliphatic heterocycles. The predicted octanol–water partition coefficient (Wildman–Crippen LogP) is 1.18. The second kappa shape index (κ2) is 4.28. The van der Waals surface area contributed by atoms with Crippen molar-refractivity contribution < 1.29 is 4.79 Å². The zero-order valence-electron chi connectivity index (χ0n) is 10.7. The minimum absolute atomic E-state index is 0.206. The zero-order valence-corrected chi connectivity index (χ0v) is 10.7. The van der Waals surface area contributed by atoms with Crippen LogP contribution in [0, 0.1) is 0 Å². The van der Waals surface area contributed by atoms with Gasteiger partial charge in [-0.1, -0.05) is 18.2 Å². The van der Waals surface area contributed by atoms with E-state index in [4.69, 9.17) is 0 Å². The number of carbonyl (C=O) groups excluding carboxylic acids is 1. The number of hydrogen-bond acceptors (Lipinski definition) is 3. The molecular weight excluding hydrogens is 226 g/mol. The number of para-hydroxylation sites is 1. The van der Waals surface area contributed by atoms with Crippen molar-refractivity contribution in [2.24, 2.45) is 0 Å². The summed E-state index contributed by atoms with van der Waals surface area (Å²) in [6.45, 7) is 1.69. The first-order chi connectivity index (χ1) is 8.78. The summed E-state index contributed by atoms with van der Waals surface area (Å²) in [5, 5.41) is 5.17. The molecule has 1 atom stereocenters. The fourth-order valence-corrected chi connectivity index (χ4v) is 3.27. The molecule has 1 fully saturated rings. The third-order valence-corrected chi connectivity index (χ3v) is 4.24. The quantitative estimate of drug-likeness (QED) is 0.781. The number of hydrogen-bond donors (Lipinski definition) is 2. The Bertz CT molecular complexity index is 474. The molecule has 1 amide bonds. The Hall–Kier alpha value is -1.55. The number of amides is 1. The van der Waals surface area contributed by atoms with Crippen LogP contribution in [0.1, 0.15) is 24.8 Å². The lowest BCUT2D eigenvalue weighted by atomic mass is 9.69. The maximum atomic E-state index is 12.4. The highest BCUT2D eigenvalue weighted by molar-refractivity contribution is 5.91. The maximum absolute atomic E-state index is 12.4. The van der Waals surface area contributed by atoms with E-state index in [0.717, 1.165) is 38.0 Å². The molecule has 1 aromatic carbocycles. The largest absolute Gasteiger partial charge is 0.355 e. The molecule has 0 bridgehead atoms. The lowest BCUT2D eigenvalue weighted by Gasteiger charge is -2.44. The summed E-state index contributed by atoms with van der Waals surface area (Å²) in [5.74, 6) is 0.206. The number of anilines is 1. The highest BCUT2D eigenvalue weighted by Crippen LogP contribution is 2.43. The van der Waals surface area contributed by atoms with Crippen LogP contribution in [-0.2, 0) is 10.2 Å². The van der Waals surface area contributed by atoms with Crippen LogP contribution >= 0.6 is 0 Å². The number of carbonyl (C=O) groups is 1. The van der Waals surface area contributed by atoms with Crippen LogP contribution in [-0.4, -0.2) is 26.0 Å². The van der Waals surface area contributed by atoms with Crippen LogP contribution in [0.25, 0.3) is 0 Å². The number of piperidine rings is 1. The van der Waals surface area contributed by atoms with Crippen LogP contribution in [0.5, 0.6) is 0 Å². The van der Waals surface area contributed by atoms with Crippen LogP contribution in [0.4, 0.5) is 5.69 Å². The highest BCUT2D eigenvalue weighted by atomic mass is 16.2. The van der Waals surface area contributed by atoms with Crippen LogP contribution in [0.3, 0.4) is 0 Å². The van der Waals surface area contributed by atoms with Crippen molar-refractivity contribution in [2.75, 3.05) is 25.1 Å². The summed E-state index contributed by atoms with van der Waals surface area (Å²) in [6.07, 6.45) is 2.92. The van der Waals surface area contributed by atoms with E-state index in [0.29, 0.717) is 0 Å². The van der Waals surface area contributed by atoms with E-state index >= 15 is 0 Å². The molecule has 2 heterocycles. The van der Waals surface area contributed by atoms with E-state index in [1.807, 2.05) is 19.2 Å². The maximum Gasteiger partial charge on any atom is 0.230 e. The smallest absolute Gasteiger partial charge is 0.230 e. The van der Waals surface area contributed by atoms with Gasteiger partial charge in [0.15, 0.2) is 0 Å². The summed E-state index contributed by atoms with van der Waals surface area (Å²) in [5.41, 5.74) is 5.21.